The van der Waals surface area contributed by atoms with Gasteiger partial charge in [0.2, 0.25) is 0 Å². The second-order valence-electron chi connectivity index (χ2n) is 3.53. The molecule has 0 bridgehead atoms. The molecule has 1 N–H and O–H groups in total. The lowest BCUT2D eigenvalue weighted by molar-refractivity contribution is 0.111. The van der Waals surface area contributed by atoms with Crippen molar-refractivity contribution in [1.29, 1.82) is 0 Å². The minimum Gasteiger partial charge on any atom is -0.381 e. The fraction of sp³-hybridized carbons (Fsp3) is 0.333. The van der Waals surface area contributed by atoms with E-state index in [1.54, 1.807) is 42.6 Å². The second kappa shape index (κ2) is 6.01. The Kier molecular flexibility index (Phi) is 5.25. The van der Waals surface area contributed by atoms with Gasteiger partial charge in [-0.25, -0.2) is 0 Å². The summed E-state index contributed by atoms with van der Waals surface area (Å²) in [6, 6.07) is 7.27. The first-order chi connectivity index (χ1) is 7.49. The van der Waals surface area contributed by atoms with Crippen molar-refractivity contribution >= 4 is 35.1 Å². The van der Waals surface area contributed by atoms with Crippen molar-refractivity contribution in [2.75, 3.05) is 12.5 Å². The highest BCUT2D eigenvalue weighted by molar-refractivity contribution is 8.21. The Balaban J connectivity index is 3.01. The number of aliphatic hydroxyl groups is 1. The van der Waals surface area contributed by atoms with Crippen molar-refractivity contribution in [1.82, 2.24) is 0 Å². The smallest absolute Gasteiger partial charge is 0.107 e. The first-order valence-electron chi connectivity index (χ1n) is 4.79. The molecule has 1 rings (SSSR count). The van der Waals surface area contributed by atoms with Gasteiger partial charge in [0.25, 0.3) is 0 Å². The number of halogens is 1. The van der Waals surface area contributed by atoms with E-state index in [0.717, 1.165) is 9.80 Å². The molecule has 0 radical (unpaired) electrons. The molecule has 1 atom stereocenters. The highest BCUT2D eigenvalue weighted by Crippen LogP contribution is 2.31. The molecule has 0 spiro atoms. The molecule has 0 aromatic heterocycles. The summed E-state index contributed by atoms with van der Waals surface area (Å²) in [5.41, 5.74) is -0.108. The minimum absolute atomic E-state index is 0.679. The van der Waals surface area contributed by atoms with E-state index >= 15 is 0 Å². The van der Waals surface area contributed by atoms with Gasteiger partial charge in [0.15, 0.2) is 0 Å². The fourth-order valence-electron chi connectivity index (χ4n) is 1.30. The van der Waals surface area contributed by atoms with Crippen LogP contribution in [0.15, 0.2) is 34.6 Å². The SMILES string of the molecule is CSC(=CC(C)(O)c1ccc(Cl)cc1)SC. The lowest BCUT2D eigenvalue weighted by Crippen LogP contribution is -2.17. The zero-order valence-electron chi connectivity index (χ0n) is 9.53. The Morgan fingerprint density at radius 2 is 1.75 bits per heavy atom. The maximum atomic E-state index is 10.4. The molecule has 0 heterocycles. The Labute approximate surface area is 110 Å². The molecule has 0 aliphatic heterocycles. The van der Waals surface area contributed by atoms with Crippen LogP contribution in [0, 0.1) is 0 Å². The van der Waals surface area contributed by atoms with Crippen molar-refractivity contribution in [3.63, 3.8) is 0 Å². The van der Waals surface area contributed by atoms with Crippen molar-refractivity contribution in [3.8, 4) is 0 Å². The van der Waals surface area contributed by atoms with Crippen molar-refractivity contribution in [3.05, 3.63) is 45.2 Å². The topological polar surface area (TPSA) is 20.2 Å². The van der Waals surface area contributed by atoms with Crippen LogP contribution in [0.5, 0.6) is 0 Å². The quantitative estimate of drug-likeness (QED) is 0.892. The Bertz CT molecular complexity index is 365. The van der Waals surface area contributed by atoms with Crippen LogP contribution in [0.1, 0.15) is 12.5 Å². The Hall–Kier alpha value is -0.0900. The molecule has 0 saturated heterocycles. The molecule has 1 aromatic carbocycles. The largest absolute Gasteiger partial charge is 0.381 e. The van der Waals surface area contributed by atoms with Gasteiger partial charge in [-0.3, -0.25) is 0 Å². The van der Waals surface area contributed by atoms with E-state index in [4.69, 9.17) is 11.6 Å². The normalized spacial score (nSPS) is 14.3. The third-order valence-corrected chi connectivity index (χ3v) is 4.52. The summed E-state index contributed by atoms with van der Waals surface area (Å²) >= 11 is 9.08. The molecule has 16 heavy (non-hydrogen) atoms. The predicted molar refractivity (Wildman–Crippen MR) is 76.1 cm³/mol. The number of hydrogen-bond donors (Lipinski definition) is 1. The summed E-state index contributed by atoms with van der Waals surface area (Å²) in [5, 5.41) is 11.0. The Morgan fingerprint density at radius 3 is 2.19 bits per heavy atom. The van der Waals surface area contributed by atoms with E-state index in [9.17, 15) is 5.11 Å². The molecule has 1 nitrogen and oxygen atoms in total. The highest BCUT2D eigenvalue weighted by atomic mass is 35.5. The zero-order chi connectivity index (χ0) is 12.2. The molecule has 0 aliphatic carbocycles. The molecule has 88 valence electrons. The number of thioether (sulfide) groups is 2. The maximum Gasteiger partial charge on any atom is 0.107 e. The van der Waals surface area contributed by atoms with Crippen LogP contribution < -0.4 is 0 Å². The first-order valence-corrected chi connectivity index (χ1v) is 7.61. The van der Waals surface area contributed by atoms with E-state index in [1.165, 1.54) is 0 Å². The van der Waals surface area contributed by atoms with Gasteiger partial charge in [-0.15, -0.1) is 23.5 Å². The molecule has 4 heteroatoms. The van der Waals surface area contributed by atoms with Gasteiger partial charge in [-0.05, 0) is 43.2 Å². The van der Waals surface area contributed by atoms with Crippen LogP contribution in [0.25, 0.3) is 0 Å². The highest BCUT2D eigenvalue weighted by Gasteiger charge is 2.20. The summed E-state index contributed by atoms with van der Waals surface area (Å²) in [6.45, 7) is 1.78. The molecule has 1 unspecified atom stereocenters. The molecule has 0 aliphatic rings. The van der Waals surface area contributed by atoms with Crippen molar-refractivity contribution < 1.29 is 5.11 Å². The van der Waals surface area contributed by atoms with Gasteiger partial charge >= 0.3 is 0 Å². The van der Waals surface area contributed by atoms with Crippen LogP contribution in [0.3, 0.4) is 0 Å². The Morgan fingerprint density at radius 1 is 1.25 bits per heavy atom. The first kappa shape index (κ1) is 14.0. The van der Waals surface area contributed by atoms with E-state index in [2.05, 4.69) is 0 Å². The summed E-state index contributed by atoms with van der Waals surface area (Å²) in [6.07, 6.45) is 5.87. The predicted octanol–water partition coefficient (Wildman–Crippen LogP) is 4.11. The van der Waals surface area contributed by atoms with Gasteiger partial charge in [-0.1, -0.05) is 23.7 Å². The van der Waals surface area contributed by atoms with Crippen LogP contribution in [-0.2, 0) is 5.60 Å². The number of rotatable bonds is 4. The van der Waals surface area contributed by atoms with E-state index < -0.39 is 5.60 Å². The van der Waals surface area contributed by atoms with Crippen LogP contribution in [-0.4, -0.2) is 17.6 Å². The van der Waals surface area contributed by atoms with Crippen molar-refractivity contribution in [2.24, 2.45) is 0 Å². The van der Waals surface area contributed by atoms with Crippen molar-refractivity contribution in [2.45, 2.75) is 12.5 Å². The van der Waals surface area contributed by atoms with Gasteiger partial charge in [0.1, 0.15) is 5.60 Å². The summed E-state index contributed by atoms with van der Waals surface area (Å²) in [5.74, 6) is 0. The van der Waals surface area contributed by atoms with Gasteiger partial charge in [0, 0.05) is 9.26 Å². The summed E-state index contributed by atoms with van der Waals surface area (Å²) < 4.78 is 1.10. The van der Waals surface area contributed by atoms with Gasteiger partial charge in [-0.2, -0.15) is 0 Å². The average Bonchev–Trinajstić information content (AvgIpc) is 2.26. The number of benzene rings is 1. The lowest BCUT2D eigenvalue weighted by Gasteiger charge is -2.21. The molecule has 0 amide bonds. The monoisotopic (exact) mass is 274 g/mol. The third kappa shape index (κ3) is 3.74. The molecule has 0 fully saturated rings. The maximum absolute atomic E-state index is 10.4. The van der Waals surface area contributed by atoms with Crippen LogP contribution in [0.2, 0.25) is 5.02 Å². The van der Waals surface area contributed by atoms with Gasteiger partial charge < -0.3 is 5.11 Å². The van der Waals surface area contributed by atoms with E-state index in [-0.39, 0.29) is 0 Å². The van der Waals surface area contributed by atoms with E-state index in [0.29, 0.717) is 5.02 Å². The third-order valence-electron chi connectivity index (χ3n) is 2.23. The van der Waals surface area contributed by atoms with Crippen LogP contribution >= 0.6 is 35.1 Å². The lowest BCUT2D eigenvalue weighted by atomic mass is 9.96. The zero-order valence-corrected chi connectivity index (χ0v) is 11.9. The molecule has 0 saturated carbocycles. The minimum atomic E-state index is -0.952. The van der Waals surface area contributed by atoms with E-state index in [1.807, 2.05) is 30.7 Å². The summed E-state index contributed by atoms with van der Waals surface area (Å²) in [4.78, 5) is 0. The molecule has 1 aromatic rings. The summed E-state index contributed by atoms with van der Waals surface area (Å²) in [7, 11) is 0. The van der Waals surface area contributed by atoms with Crippen LogP contribution in [0.4, 0.5) is 0 Å². The number of hydrogen-bond acceptors (Lipinski definition) is 3. The standard InChI is InChI=1S/C12H15ClOS2/c1-12(14,8-11(15-2)16-3)9-4-6-10(13)7-5-9/h4-8,14H,1-3H3. The van der Waals surface area contributed by atoms with Gasteiger partial charge in [0.05, 0.1) is 0 Å². The second-order valence-corrected chi connectivity index (χ2v) is 5.92. The fourth-order valence-corrected chi connectivity index (χ4v) is 2.79. The molecular weight excluding hydrogens is 260 g/mol. The average molecular weight is 275 g/mol. The molecular formula is C12H15ClOS2.